The molecule has 5 heteroatoms. The van der Waals surface area contributed by atoms with Crippen LogP contribution in [0.5, 0.6) is 0 Å². The Morgan fingerprint density at radius 1 is 0.596 bits per heavy atom. The molecular formula is C47H91NO4. The van der Waals surface area contributed by atoms with Crippen molar-refractivity contribution in [2.24, 2.45) is 22.7 Å². The lowest BCUT2D eigenvalue weighted by atomic mass is 9.58. The van der Waals surface area contributed by atoms with E-state index in [4.69, 9.17) is 9.47 Å². The van der Waals surface area contributed by atoms with Crippen LogP contribution in [0.2, 0.25) is 0 Å². The van der Waals surface area contributed by atoms with Gasteiger partial charge >= 0.3 is 11.9 Å². The maximum Gasteiger partial charge on any atom is 0.312 e. The first-order valence-corrected chi connectivity index (χ1v) is 22.8. The number of esters is 2. The van der Waals surface area contributed by atoms with E-state index in [1.807, 2.05) is 0 Å². The molecule has 2 unspecified atom stereocenters. The van der Waals surface area contributed by atoms with Gasteiger partial charge in [0.15, 0.2) is 0 Å². The summed E-state index contributed by atoms with van der Waals surface area (Å²) in [5.41, 5.74) is -0.460. The van der Waals surface area contributed by atoms with Crippen LogP contribution in [0, 0.1) is 22.7 Å². The van der Waals surface area contributed by atoms with Gasteiger partial charge in [-0.15, -0.1) is 0 Å². The van der Waals surface area contributed by atoms with Crippen LogP contribution in [0.4, 0.5) is 0 Å². The number of unbranched alkanes of at least 4 members (excludes halogenated alkanes) is 15. The fraction of sp³-hybridized carbons (Fsp3) is 0.957. The van der Waals surface area contributed by atoms with E-state index >= 15 is 0 Å². The van der Waals surface area contributed by atoms with Crippen molar-refractivity contribution < 1.29 is 19.1 Å². The normalized spacial score (nSPS) is 16.2. The molecule has 1 aliphatic rings. The fourth-order valence-corrected chi connectivity index (χ4v) is 8.30. The summed E-state index contributed by atoms with van der Waals surface area (Å²) in [4.78, 5) is 29.1. The Hall–Kier alpha value is -1.10. The van der Waals surface area contributed by atoms with E-state index < -0.39 is 5.41 Å². The molecule has 1 fully saturated rings. The van der Waals surface area contributed by atoms with Gasteiger partial charge in [-0.2, -0.15) is 0 Å². The Morgan fingerprint density at radius 3 is 1.56 bits per heavy atom. The summed E-state index contributed by atoms with van der Waals surface area (Å²) >= 11 is 0. The SMILES string of the molecule is CCCCCCCCCC(CCCCCCCCOC(=O)CC(CCCC)CCCCCC)OC(=O)C(C)(C)C(C)(C)C1CCN(C(C)(C)C)CC1. The van der Waals surface area contributed by atoms with Crippen LogP contribution in [-0.4, -0.2) is 48.2 Å². The lowest BCUT2D eigenvalue weighted by Gasteiger charge is -2.50. The molecule has 0 spiro atoms. The minimum Gasteiger partial charge on any atom is -0.466 e. The molecule has 1 heterocycles. The van der Waals surface area contributed by atoms with Crippen molar-refractivity contribution in [1.29, 1.82) is 0 Å². The van der Waals surface area contributed by atoms with Gasteiger partial charge in [-0.05, 0) is 123 Å². The molecule has 0 aromatic heterocycles. The first kappa shape index (κ1) is 48.9. The van der Waals surface area contributed by atoms with Crippen LogP contribution < -0.4 is 0 Å². The van der Waals surface area contributed by atoms with Crippen LogP contribution in [0.3, 0.4) is 0 Å². The number of likely N-dealkylation sites (tertiary alicyclic amines) is 1. The van der Waals surface area contributed by atoms with E-state index in [0.29, 0.717) is 24.9 Å². The second kappa shape index (κ2) is 27.5. The van der Waals surface area contributed by atoms with Gasteiger partial charge in [0.25, 0.3) is 0 Å². The monoisotopic (exact) mass is 734 g/mol. The lowest BCUT2D eigenvalue weighted by molar-refractivity contribution is -0.171. The average molecular weight is 734 g/mol. The third-order valence-electron chi connectivity index (χ3n) is 13.1. The van der Waals surface area contributed by atoms with E-state index in [9.17, 15) is 9.59 Å². The number of piperidine rings is 1. The third-order valence-corrected chi connectivity index (χ3v) is 13.1. The van der Waals surface area contributed by atoms with Gasteiger partial charge in [0, 0.05) is 12.0 Å². The number of rotatable bonds is 31. The first-order chi connectivity index (χ1) is 24.7. The molecular weight excluding hydrogens is 643 g/mol. The molecule has 0 radical (unpaired) electrons. The standard InChI is InChI=1S/C47H91NO4/c1-11-14-17-19-20-23-27-32-42(52-44(50)47(9,10)46(7,8)41-34-36-48(37-35-41)45(4,5)6)33-28-24-21-22-25-29-38-51-43(49)39-40(30-16-13-3)31-26-18-15-12-2/h40-42H,11-39H2,1-10H3. The second-order valence-corrected chi connectivity index (χ2v) is 18.9. The zero-order valence-corrected chi connectivity index (χ0v) is 36.8. The minimum atomic E-state index is -0.533. The van der Waals surface area contributed by atoms with Gasteiger partial charge in [0.05, 0.1) is 12.0 Å². The van der Waals surface area contributed by atoms with E-state index in [-0.39, 0.29) is 29.0 Å². The number of carbonyl (C=O) groups is 2. The third kappa shape index (κ3) is 20.0. The summed E-state index contributed by atoms with van der Waals surface area (Å²) in [5.74, 6) is 1.02. The molecule has 1 saturated heterocycles. The Balaban J connectivity index is 2.52. The predicted molar refractivity (Wildman–Crippen MR) is 224 cm³/mol. The Kier molecular flexibility index (Phi) is 25.8. The predicted octanol–water partition coefficient (Wildman–Crippen LogP) is 14.0. The summed E-state index contributed by atoms with van der Waals surface area (Å²) < 4.78 is 12.1. The number of ether oxygens (including phenoxy) is 2. The molecule has 2 atom stereocenters. The number of nitrogens with zero attached hydrogens (tertiary/aromatic N) is 1. The lowest BCUT2D eigenvalue weighted by Crippen LogP contribution is -2.52. The van der Waals surface area contributed by atoms with Gasteiger partial charge in [0.1, 0.15) is 6.10 Å². The van der Waals surface area contributed by atoms with Crippen LogP contribution in [0.25, 0.3) is 0 Å². The summed E-state index contributed by atoms with van der Waals surface area (Å²) in [5, 5.41) is 0. The molecule has 0 aromatic rings. The fourth-order valence-electron chi connectivity index (χ4n) is 8.30. The van der Waals surface area contributed by atoms with Crippen molar-refractivity contribution in [2.45, 2.75) is 248 Å². The van der Waals surface area contributed by atoms with Crippen LogP contribution >= 0.6 is 0 Å². The Morgan fingerprint density at radius 2 is 1.04 bits per heavy atom. The minimum absolute atomic E-state index is 0.00595. The smallest absolute Gasteiger partial charge is 0.312 e. The van der Waals surface area contributed by atoms with Crippen molar-refractivity contribution in [3.05, 3.63) is 0 Å². The molecule has 0 amide bonds. The zero-order chi connectivity index (χ0) is 38.9. The van der Waals surface area contributed by atoms with E-state index in [1.165, 1.54) is 103 Å². The van der Waals surface area contributed by atoms with Crippen molar-refractivity contribution in [2.75, 3.05) is 19.7 Å². The topological polar surface area (TPSA) is 55.8 Å². The largest absolute Gasteiger partial charge is 0.466 e. The highest BCUT2D eigenvalue weighted by molar-refractivity contribution is 5.77. The van der Waals surface area contributed by atoms with Gasteiger partial charge in [-0.25, -0.2) is 0 Å². The van der Waals surface area contributed by atoms with Crippen molar-refractivity contribution in [3.63, 3.8) is 0 Å². The van der Waals surface area contributed by atoms with Gasteiger partial charge in [-0.3, -0.25) is 14.5 Å². The van der Waals surface area contributed by atoms with Crippen LogP contribution in [0.15, 0.2) is 0 Å². The highest BCUT2D eigenvalue weighted by Gasteiger charge is 2.50. The molecule has 1 aliphatic heterocycles. The highest BCUT2D eigenvalue weighted by Crippen LogP contribution is 2.49. The zero-order valence-electron chi connectivity index (χ0n) is 36.8. The molecule has 0 aromatic carbocycles. The molecule has 0 N–H and O–H groups in total. The van der Waals surface area contributed by atoms with Gasteiger partial charge < -0.3 is 9.47 Å². The molecule has 0 bridgehead atoms. The number of carbonyl (C=O) groups excluding carboxylic acids is 2. The molecule has 308 valence electrons. The number of hydrogen-bond acceptors (Lipinski definition) is 5. The van der Waals surface area contributed by atoms with Crippen LogP contribution in [0.1, 0.15) is 236 Å². The van der Waals surface area contributed by atoms with Gasteiger partial charge in [0.2, 0.25) is 0 Å². The first-order valence-electron chi connectivity index (χ1n) is 22.8. The summed E-state index contributed by atoms with van der Waals surface area (Å²) in [7, 11) is 0. The maximum absolute atomic E-state index is 14.0. The van der Waals surface area contributed by atoms with E-state index in [2.05, 4.69) is 74.1 Å². The Labute approximate surface area is 325 Å². The van der Waals surface area contributed by atoms with Crippen LogP contribution in [-0.2, 0) is 19.1 Å². The summed E-state index contributed by atoms with van der Waals surface area (Å²) in [6.07, 6.45) is 30.3. The summed E-state index contributed by atoms with van der Waals surface area (Å²) in [6.45, 7) is 25.4. The molecule has 1 rings (SSSR count). The van der Waals surface area contributed by atoms with Crippen molar-refractivity contribution in [1.82, 2.24) is 4.90 Å². The maximum atomic E-state index is 14.0. The number of hydrogen-bond donors (Lipinski definition) is 0. The quantitative estimate of drug-likeness (QED) is 0.0524. The van der Waals surface area contributed by atoms with E-state index in [1.54, 1.807) is 0 Å². The molecule has 52 heavy (non-hydrogen) atoms. The van der Waals surface area contributed by atoms with Crippen molar-refractivity contribution >= 4 is 11.9 Å². The van der Waals surface area contributed by atoms with E-state index in [0.717, 1.165) is 70.9 Å². The van der Waals surface area contributed by atoms with Gasteiger partial charge in [-0.1, -0.05) is 137 Å². The Bertz CT molecular complexity index is 898. The molecule has 0 aliphatic carbocycles. The summed E-state index contributed by atoms with van der Waals surface area (Å²) in [6, 6.07) is 0. The molecule has 0 saturated carbocycles. The molecule has 5 nitrogen and oxygen atoms in total. The second-order valence-electron chi connectivity index (χ2n) is 18.9. The van der Waals surface area contributed by atoms with Crippen molar-refractivity contribution in [3.8, 4) is 0 Å². The highest BCUT2D eigenvalue weighted by atomic mass is 16.5. The average Bonchev–Trinajstić information content (AvgIpc) is 3.10.